The molecule has 0 spiro atoms. The Morgan fingerprint density at radius 3 is 2.61 bits per heavy atom. The molecule has 1 fully saturated rings. The largest absolute Gasteiger partial charge is 0.490 e. The normalized spacial score (nSPS) is 14.3. The highest BCUT2D eigenvalue weighted by Gasteiger charge is 2.32. The SMILES string of the molecule is C=CCN1C(=O)N/C(=C/c2cc(Br)c(OCC(=O)Nc3ccc(C)cc3)c(OCC)c2)C1=O. The maximum Gasteiger partial charge on any atom is 0.329 e. The standard InChI is InChI=1S/C24H24BrN3O5/c1-4-10-28-23(30)19(27-24(28)31)12-16-11-18(25)22(20(13-16)32-5-2)33-14-21(29)26-17-8-6-15(3)7-9-17/h4,6-9,11-13H,1,5,10,14H2,2-3H3,(H,26,29)(H,27,31)/b19-12+. The highest BCUT2D eigenvalue weighted by atomic mass is 79.9. The van der Waals surface area contributed by atoms with Gasteiger partial charge in [-0.3, -0.25) is 14.5 Å². The molecule has 2 aromatic carbocycles. The van der Waals surface area contributed by atoms with E-state index in [-0.39, 0.29) is 24.8 Å². The molecule has 172 valence electrons. The van der Waals surface area contributed by atoms with Crippen molar-refractivity contribution in [1.29, 1.82) is 0 Å². The number of carbonyl (C=O) groups excluding carboxylic acids is 3. The summed E-state index contributed by atoms with van der Waals surface area (Å²) < 4.78 is 11.9. The zero-order valence-electron chi connectivity index (χ0n) is 18.3. The molecule has 1 aliphatic heterocycles. The molecule has 1 aliphatic rings. The molecule has 2 N–H and O–H groups in total. The molecule has 0 radical (unpaired) electrons. The monoisotopic (exact) mass is 513 g/mol. The fraction of sp³-hybridized carbons (Fsp3) is 0.208. The van der Waals surface area contributed by atoms with Crippen LogP contribution in [0.1, 0.15) is 18.1 Å². The number of imide groups is 1. The van der Waals surface area contributed by atoms with Crippen molar-refractivity contribution in [3.05, 3.63) is 70.3 Å². The molecule has 8 nitrogen and oxygen atoms in total. The Hall–Kier alpha value is -3.59. The summed E-state index contributed by atoms with van der Waals surface area (Å²) in [5.41, 5.74) is 2.51. The zero-order chi connectivity index (χ0) is 24.0. The summed E-state index contributed by atoms with van der Waals surface area (Å²) in [4.78, 5) is 37.8. The van der Waals surface area contributed by atoms with E-state index in [0.717, 1.165) is 10.5 Å². The summed E-state index contributed by atoms with van der Waals surface area (Å²) in [6, 6.07) is 10.3. The Balaban J connectivity index is 1.76. The van der Waals surface area contributed by atoms with Gasteiger partial charge in [-0.05, 0) is 65.7 Å². The Labute approximate surface area is 200 Å². The number of nitrogens with one attached hydrogen (secondary N) is 2. The van der Waals surface area contributed by atoms with Gasteiger partial charge in [-0.2, -0.15) is 0 Å². The number of hydrogen-bond donors (Lipinski definition) is 2. The van der Waals surface area contributed by atoms with Gasteiger partial charge in [0.2, 0.25) is 0 Å². The molecule has 0 saturated carbocycles. The predicted molar refractivity (Wildman–Crippen MR) is 129 cm³/mol. The summed E-state index contributed by atoms with van der Waals surface area (Å²) in [7, 11) is 0. The van der Waals surface area contributed by atoms with E-state index in [0.29, 0.717) is 33.8 Å². The molecular weight excluding hydrogens is 490 g/mol. The zero-order valence-corrected chi connectivity index (χ0v) is 19.9. The van der Waals surface area contributed by atoms with Crippen molar-refractivity contribution in [1.82, 2.24) is 10.2 Å². The van der Waals surface area contributed by atoms with Crippen LogP contribution in [0.3, 0.4) is 0 Å². The third-order valence-electron chi connectivity index (χ3n) is 4.60. The third-order valence-corrected chi connectivity index (χ3v) is 5.19. The number of urea groups is 1. The first kappa shape index (κ1) is 24.1. The van der Waals surface area contributed by atoms with Gasteiger partial charge in [0.1, 0.15) is 5.70 Å². The predicted octanol–water partition coefficient (Wildman–Crippen LogP) is 4.25. The summed E-state index contributed by atoms with van der Waals surface area (Å²) in [6.45, 7) is 7.60. The maximum absolute atomic E-state index is 12.4. The minimum absolute atomic E-state index is 0.118. The lowest BCUT2D eigenvalue weighted by Crippen LogP contribution is -2.30. The van der Waals surface area contributed by atoms with Crippen LogP contribution in [0.2, 0.25) is 0 Å². The number of halogens is 1. The highest BCUT2D eigenvalue weighted by molar-refractivity contribution is 9.10. The van der Waals surface area contributed by atoms with Crippen molar-refractivity contribution >= 4 is 45.5 Å². The first-order chi connectivity index (χ1) is 15.8. The molecule has 2 aromatic rings. The molecule has 0 aromatic heterocycles. The van der Waals surface area contributed by atoms with Crippen molar-refractivity contribution in [3.63, 3.8) is 0 Å². The van der Waals surface area contributed by atoms with Crippen LogP contribution < -0.4 is 20.1 Å². The maximum atomic E-state index is 12.4. The van der Waals surface area contributed by atoms with Crippen LogP contribution in [0.25, 0.3) is 6.08 Å². The molecular formula is C24H24BrN3O5. The average Bonchev–Trinajstić information content (AvgIpc) is 3.02. The summed E-state index contributed by atoms with van der Waals surface area (Å²) in [5.74, 6) is -0.0160. The number of aryl methyl sites for hydroxylation is 1. The van der Waals surface area contributed by atoms with E-state index in [1.54, 1.807) is 18.2 Å². The second-order valence-corrected chi connectivity index (χ2v) is 8.01. The lowest BCUT2D eigenvalue weighted by atomic mass is 10.1. The van der Waals surface area contributed by atoms with E-state index in [4.69, 9.17) is 9.47 Å². The van der Waals surface area contributed by atoms with Crippen LogP contribution in [-0.2, 0) is 9.59 Å². The number of carbonyl (C=O) groups is 3. The summed E-state index contributed by atoms with van der Waals surface area (Å²) in [5, 5.41) is 5.32. The fourth-order valence-corrected chi connectivity index (χ4v) is 3.65. The fourth-order valence-electron chi connectivity index (χ4n) is 3.08. The van der Waals surface area contributed by atoms with Gasteiger partial charge in [-0.1, -0.05) is 23.8 Å². The quantitative estimate of drug-likeness (QED) is 0.296. The molecule has 0 unspecified atom stereocenters. The van der Waals surface area contributed by atoms with Crippen LogP contribution in [0, 0.1) is 6.92 Å². The van der Waals surface area contributed by atoms with Gasteiger partial charge in [0.25, 0.3) is 11.8 Å². The van der Waals surface area contributed by atoms with Gasteiger partial charge < -0.3 is 20.1 Å². The lowest BCUT2D eigenvalue weighted by molar-refractivity contribution is -0.122. The van der Waals surface area contributed by atoms with Crippen LogP contribution in [-0.4, -0.2) is 42.5 Å². The number of anilines is 1. The van der Waals surface area contributed by atoms with Crippen LogP contribution >= 0.6 is 15.9 Å². The van der Waals surface area contributed by atoms with Crippen molar-refractivity contribution in [3.8, 4) is 11.5 Å². The number of rotatable bonds is 9. The Morgan fingerprint density at radius 2 is 1.94 bits per heavy atom. The number of nitrogens with zero attached hydrogens (tertiary/aromatic N) is 1. The topological polar surface area (TPSA) is 97.0 Å². The molecule has 33 heavy (non-hydrogen) atoms. The number of amides is 4. The van der Waals surface area contributed by atoms with Gasteiger partial charge in [0, 0.05) is 12.2 Å². The van der Waals surface area contributed by atoms with Crippen molar-refractivity contribution in [2.75, 3.05) is 25.1 Å². The minimum atomic E-state index is -0.505. The van der Waals surface area contributed by atoms with Gasteiger partial charge in [-0.25, -0.2) is 4.79 Å². The van der Waals surface area contributed by atoms with Gasteiger partial charge in [0.15, 0.2) is 18.1 Å². The Morgan fingerprint density at radius 1 is 1.21 bits per heavy atom. The molecule has 1 saturated heterocycles. The van der Waals surface area contributed by atoms with Crippen molar-refractivity contribution in [2.24, 2.45) is 0 Å². The Kier molecular flexibility index (Phi) is 7.89. The molecule has 9 heteroatoms. The first-order valence-corrected chi connectivity index (χ1v) is 11.0. The van der Waals surface area contributed by atoms with Gasteiger partial charge in [0.05, 0.1) is 11.1 Å². The van der Waals surface area contributed by atoms with Crippen molar-refractivity contribution in [2.45, 2.75) is 13.8 Å². The van der Waals surface area contributed by atoms with Crippen LogP contribution in [0.4, 0.5) is 10.5 Å². The second kappa shape index (κ2) is 10.8. The lowest BCUT2D eigenvalue weighted by Gasteiger charge is -2.15. The number of ether oxygens (including phenoxy) is 2. The summed E-state index contributed by atoms with van der Waals surface area (Å²) >= 11 is 3.44. The molecule has 1 heterocycles. The van der Waals surface area contributed by atoms with E-state index >= 15 is 0 Å². The van der Waals surface area contributed by atoms with Crippen LogP contribution in [0.15, 0.2) is 59.2 Å². The van der Waals surface area contributed by atoms with E-state index in [1.807, 2.05) is 38.1 Å². The van der Waals surface area contributed by atoms with Crippen molar-refractivity contribution < 1.29 is 23.9 Å². The van der Waals surface area contributed by atoms with E-state index in [2.05, 4.69) is 33.1 Å². The van der Waals surface area contributed by atoms with E-state index in [9.17, 15) is 14.4 Å². The number of benzene rings is 2. The first-order valence-electron chi connectivity index (χ1n) is 10.2. The summed E-state index contributed by atoms with van der Waals surface area (Å²) in [6.07, 6.45) is 3.02. The molecule has 0 aliphatic carbocycles. The van der Waals surface area contributed by atoms with E-state index in [1.165, 1.54) is 6.08 Å². The molecule has 3 rings (SSSR count). The minimum Gasteiger partial charge on any atom is -0.490 e. The average molecular weight is 514 g/mol. The third kappa shape index (κ3) is 6.01. The van der Waals surface area contributed by atoms with E-state index < -0.39 is 11.9 Å². The highest BCUT2D eigenvalue weighted by Crippen LogP contribution is 2.37. The van der Waals surface area contributed by atoms with Crippen LogP contribution in [0.5, 0.6) is 11.5 Å². The molecule has 0 bridgehead atoms. The number of hydrogen-bond acceptors (Lipinski definition) is 5. The molecule has 4 amide bonds. The smallest absolute Gasteiger partial charge is 0.329 e. The second-order valence-electron chi connectivity index (χ2n) is 7.16. The van der Waals surface area contributed by atoms with Gasteiger partial charge in [-0.15, -0.1) is 6.58 Å². The molecule has 0 atom stereocenters. The van der Waals surface area contributed by atoms with Gasteiger partial charge >= 0.3 is 6.03 Å². The Bertz CT molecular complexity index is 1110.